The van der Waals surface area contributed by atoms with Gasteiger partial charge in [-0.3, -0.25) is 4.79 Å². The zero-order chi connectivity index (χ0) is 12.1. The summed E-state index contributed by atoms with van der Waals surface area (Å²) in [5.41, 5.74) is 0. The van der Waals surface area contributed by atoms with Crippen molar-refractivity contribution in [2.45, 2.75) is 20.0 Å². The molecule has 1 rings (SSSR count). The van der Waals surface area contributed by atoms with Crippen LogP contribution in [0.3, 0.4) is 0 Å². The summed E-state index contributed by atoms with van der Waals surface area (Å²) in [5, 5.41) is 3.61. The number of rotatable bonds is 4. The zero-order valence-electron chi connectivity index (χ0n) is 9.09. The van der Waals surface area contributed by atoms with Crippen molar-refractivity contribution in [3.63, 3.8) is 0 Å². The van der Waals surface area contributed by atoms with E-state index in [2.05, 4.69) is 5.32 Å². The minimum atomic E-state index is -0.601. The van der Waals surface area contributed by atoms with Crippen LogP contribution in [0.2, 0.25) is 10.0 Å². The number of halogens is 2. The predicted molar refractivity (Wildman–Crippen MR) is 65.2 cm³/mol. The Morgan fingerprint density at radius 1 is 1.50 bits per heavy atom. The van der Waals surface area contributed by atoms with Crippen molar-refractivity contribution < 1.29 is 9.53 Å². The molecule has 16 heavy (non-hydrogen) atoms. The van der Waals surface area contributed by atoms with E-state index in [9.17, 15) is 4.79 Å². The molecule has 0 bridgehead atoms. The molecule has 0 saturated heterocycles. The molecule has 1 atom stereocenters. The number of hydrogen-bond donors (Lipinski definition) is 1. The van der Waals surface area contributed by atoms with Gasteiger partial charge < -0.3 is 10.1 Å². The topological polar surface area (TPSA) is 38.3 Å². The summed E-state index contributed by atoms with van der Waals surface area (Å²) in [6.07, 6.45) is -0.601. The third-order valence-corrected chi connectivity index (χ3v) is 2.46. The Labute approximate surface area is 105 Å². The normalized spacial score (nSPS) is 12.0. The molecule has 0 radical (unpaired) electrons. The quantitative estimate of drug-likeness (QED) is 0.906. The monoisotopic (exact) mass is 261 g/mol. The summed E-state index contributed by atoms with van der Waals surface area (Å²) in [6.45, 7) is 4.06. The molecule has 0 heterocycles. The predicted octanol–water partition coefficient (Wildman–Crippen LogP) is 2.90. The molecule has 0 saturated carbocycles. The molecule has 0 aliphatic carbocycles. The lowest BCUT2D eigenvalue weighted by Crippen LogP contribution is -2.36. The number of carbonyl (C=O) groups excluding carboxylic acids is 1. The van der Waals surface area contributed by atoms with Crippen LogP contribution in [0.5, 0.6) is 5.75 Å². The van der Waals surface area contributed by atoms with E-state index >= 15 is 0 Å². The second-order valence-electron chi connectivity index (χ2n) is 3.23. The van der Waals surface area contributed by atoms with Crippen molar-refractivity contribution in [2.24, 2.45) is 0 Å². The Morgan fingerprint density at radius 2 is 2.19 bits per heavy atom. The highest BCUT2D eigenvalue weighted by atomic mass is 35.5. The molecule has 1 aromatic rings. The molecule has 0 aliphatic rings. The van der Waals surface area contributed by atoms with E-state index in [-0.39, 0.29) is 5.91 Å². The zero-order valence-corrected chi connectivity index (χ0v) is 10.6. The first-order valence-electron chi connectivity index (χ1n) is 4.94. The van der Waals surface area contributed by atoms with Crippen molar-refractivity contribution in [2.75, 3.05) is 6.54 Å². The van der Waals surface area contributed by atoms with Gasteiger partial charge in [0.1, 0.15) is 5.75 Å². The molecule has 1 N–H and O–H groups in total. The fourth-order valence-electron chi connectivity index (χ4n) is 1.13. The van der Waals surface area contributed by atoms with E-state index in [0.29, 0.717) is 22.3 Å². The SMILES string of the molecule is CCNC(=O)C(C)Oc1cc(Cl)ccc1Cl. The molecular formula is C11H13Cl2NO2. The molecule has 0 aliphatic heterocycles. The lowest BCUT2D eigenvalue weighted by Gasteiger charge is -2.15. The Morgan fingerprint density at radius 3 is 2.81 bits per heavy atom. The molecule has 1 unspecified atom stereocenters. The van der Waals surface area contributed by atoms with Crippen LogP contribution >= 0.6 is 23.2 Å². The molecule has 0 aromatic heterocycles. The second-order valence-corrected chi connectivity index (χ2v) is 4.07. The van der Waals surface area contributed by atoms with Crippen LogP contribution in [0.15, 0.2) is 18.2 Å². The number of carbonyl (C=O) groups is 1. The number of hydrogen-bond acceptors (Lipinski definition) is 2. The lowest BCUT2D eigenvalue weighted by atomic mass is 10.3. The van der Waals surface area contributed by atoms with Crippen molar-refractivity contribution in [1.82, 2.24) is 5.32 Å². The van der Waals surface area contributed by atoms with Gasteiger partial charge in [0, 0.05) is 17.6 Å². The molecule has 0 spiro atoms. The average Bonchev–Trinajstić information content (AvgIpc) is 2.23. The summed E-state index contributed by atoms with van der Waals surface area (Å²) in [6, 6.07) is 4.87. The van der Waals surface area contributed by atoms with E-state index < -0.39 is 6.10 Å². The minimum absolute atomic E-state index is 0.182. The Balaban J connectivity index is 2.72. The summed E-state index contributed by atoms with van der Waals surface area (Å²) in [7, 11) is 0. The maximum Gasteiger partial charge on any atom is 0.260 e. The molecular weight excluding hydrogens is 249 g/mol. The third-order valence-electron chi connectivity index (χ3n) is 1.92. The lowest BCUT2D eigenvalue weighted by molar-refractivity contribution is -0.127. The molecule has 5 heteroatoms. The van der Waals surface area contributed by atoms with Crippen molar-refractivity contribution >= 4 is 29.1 Å². The van der Waals surface area contributed by atoms with Gasteiger partial charge in [-0.2, -0.15) is 0 Å². The van der Waals surface area contributed by atoms with Gasteiger partial charge in [-0.15, -0.1) is 0 Å². The third kappa shape index (κ3) is 3.58. The van der Waals surface area contributed by atoms with Crippen LogP contribution in [-0.2, 0) is 4.79 Å². The van der Waals surface area contributed by atoms with Crippen LogP contribution in [0.4, 0.5) is 0 Å². The van der Waals surface area contributed by atoms with Crippen molar-refractivity contribution in [3.8, 4) is 5.75 Å². The van der Waals surface area contributed by atoms with Gasteiger partial charge in [-0.05, 0) is 26.0 Å². The van der Waals surface area contributed by atoms with Gasteiger partial charge in [0.05, 0.1) is 5.02 Å². The molecule has 1 amide bonds. The summed E-state index contributed by atoms with van der Waals surface area (Å²) in [4.78, 5) is 11.4. The first kappa shape index (κ1) is 13.1. The van der Waals surface area contributed by atoms with Gasteiger partial charge in [0.15, 0.2) is 6.10 Å². The highest BCUT2D eigenvalue weighted by Gasteiger charge is 2.15. The van der Waals surface area contributed by atoms with E-state index in [1.165, 1.54) is 0 Å². The van der Waals surface area contributed by atoms with Crippen LogP contribution < -0.4 is 10.1 Å². The van der Waals surface area contributed by atoms with Gasteiger partial charge in [-0.25, -0.2) is 0 Å². The number of nitrogens with one attached hydrogen (secondary N) is 1. The minimum Gasteiger partial charge on any atom is -0.479 e. The van der Waals surface area contributed by atoms with Crippen molar-refractivity contribution in [3.05, 3.63) is 28.2 Å². The standard InChI is InChI=1S/C11H13Cl2NO2/c1-3-14-11(15)7(2)16-10-6-8(12)4-5-9(10)13/h4-7H,3H2,1-2H3,(H,14,15). The van der Waals surface area contributed by atoms with E-state index in [1.54, 1.807) is 25.1 Å². The molecule has 88 valence electrons. The Hall–Kier alpha value is -0.930. The number of likely N-dealkylation sites (N-methyl/N-ethyl adjacent to an activating group) is 1. The average molecular weight is 262 g/mol. The van der Waals surface area contributed by atoms with Gasteiger partial charge in [0.25, 0.3) is 5.91 Å². The van der Waals surface area contributed by atoms with Gasteiger partial charge in [0.2, 0.25) is 0 Å². The van der Waals surface area contributed by atoms with Crippen LogP contribution in [0.1, 0.15) is 13.8 Å². The number of amides is 1. The summed E-state index contributed by atoms with van der Waals surface area (Å²) < 4.78 is 5.41. The number of ether oxygens (including phenoxy) is 1. The fraction of sp³-hybridized carbons (Fsp3) is 0.364. The van der Waals surface area contributed by atoms with Crippen LogP contribution in [0, 0.1) is 0 Å². The highest BCUT2D eigenvalue weighted by molar-refractivity contribution is 6.34. The van der Waals surface area contributed by atoms with Gasteiger partial charge in [-0.1, -0.05) is 23.2 Å². The van der Waals surface area contributed by atoms with Crippen molar-refractivity contribution in [1.29, 1.82) is 0 Å². The van der Waals surface area contributed by atoms with E-state index in [1.807, 2.05) is 6.92 Å². The van der Waals surface area contributed by atoms with E-state index in [0.717, 1.165) is 0 Å². The second kappa shape index (κ2) is 5.97. The highest BCUT2D eigenvalue weighted by Crippen LogP contribution is 2.28. The molecule has 0 fully saturated rings. The largest absolute Gasteiger partial charge is 0.479 e. The molecule has 1 aromatic carbocycles. The fourth-order valence-corrected chi connectivity index (χ4v) is 1.45. The molecule has 3 nitrogen and oxygen atoms in total. The van der Waals surface area contributed by atoms with Crippen LogP contribution in [0.25, 0.3) is 0 Å². The summed E-state index contributed by atoms with van der Waals surface area (Å²) in [5.74, 6) is 0.228. The maximum absolute atomic E-state index is 11.4. The smallest absolute Gasteiger partial charge is 0.260 e. The Bertz CT molecular complexity index is 382. The van der Waals surface area contributed by atoms with Gasteiger partial charge >= 0.3 is 0 Å². The summed E-state index contributed by atoms with van der Waals surface area (Å²) >= 11 is 11.7. The first-order chi connectivity index (χ1) is 7.54. The van der Waals surface area contributed by atoms with Crippen LogP contribution in [-0.4, -0.2) is 18.6 Å². The Kier molecular flexibility index (Phi) is 4.90. The number of benzene rings is 1. The maximum atomic E-state index is 11.4. The van der Waals surface area contributed by atoms with E-state index in [4.69, 9.17) is 27.9 Å². The first-order valence-corrected chi connectivity index (χ1v) is 5.69.